The number of nitrogens with one attached hydrogen (secondary N) is 2. The van der Waals surface area contributed by atoms with Gasteiger partial charge in [0, 0.05) is 24.0 Å². The molecule has 0 bridgehead atoms. The molecule has 0 aliphatic heterocycles. The normalized spacial score (nSPS) is 14.0. The highest BCUT2D eigenvalue weighted by Crippen LogP contribution is 2.42. The van der Waals surface area contributed by atoms with E-state index >= 15 is 0 Å². The second kappa shape index (κ2) is 7.36. The Hall–Kier alpha value is -1.85. The SMILES string of the molecule is CCNCCNC(=O)c1cnn(-c2ccc(C)c(Cl)c2)c1C1CC1. The van der Waals surface area contributed by atoms with Crippen molar-refractivity contribution < 1.29 is 4.79 Å². The molecule has 1 aliphatic carbocycles. The number of carbonyl (C=O) groups excluding carboxylic acids is 1. The molecule has 1 aromatic heterocycles. The number of aromatic nitrogens is 2. The fourth-order valence-electron chi connectivity index (χ4n) is 2.74. The Morgan fingerprint density at radius 3 is 2.83 bits per heavy atom. The van der Waals surface area contributed by atoms with E-state index in [4.69, 9.17) is 11.6 Å². The largest absolute Gasteiger partial charge is 0.351 e. The summed E-state index contributed by atoms with van der Waals surface area (Å²) in [7, 11) is 0. The van der Waals surface area contributed by atoms with Crippen LogP contribution < -0.4 is 10.6 Å². The Morgan fingerprint density at radius 1 is 1.38 bits per heavy atom. The summed E-state index contributed by atoms with van der Waals surface area (Å²) in [6, 6.07) is 5.88. The van der Waals surface area contributed by atoms with Crippen molar-refractivity contribution in [1.29, 1.82) is 0 Å². The minimum absolute atomic E-state index is 0.0562. The minimum atomic E-state index is -0.0562. The maximum absolute atomic E-state index is 12.5. The van der Waals surface area contributed by atoms with E-state index in [-0.39, 0.29) is 5.91 Å². The maximum Gasteiger partial charge on any atom is 0.254 e. The van der Waals surface area contributed by atoms with Gasteiger partial charge in [0.25, 0.3) is 5.91 Å². The van der Waals surface area contributed by atoms with Crippen LogP contribution in [0.3, 0.4) is 0 Å². The molecule has 2 N–H and O–H groups in total. The fraction of sp³-hybridized carbons (Fsp3) is 0.444. The molecule has 24 heavy (non-hydrogen) atoms. The van der Waals surface area contributed by atoms with Crippen molar-refractivity contribution in [3.8, 4) is 5.69 Å². The van der Waals surface area contributed by atoms with E-state index in [1.165, 1.54) is 0 Å². The predicted molar refractivity (Wildman–Crippen MR) is 96.2 cm³/mol. The van der Waals surface area contributed by atoms with Crippen LogP contribution in [0.2, 0.25) is 5.02 Å². The fourth-order valence-corrected chi connectivity index (χ4v) is 2.91. The third-order valence-electron chi connectivity index (χ3n) is 4.25. The van der Waals surface area contributed by atoms with E-state index in [1.54, 1.807) is 6.20 Å². The summed E-state index contributed by atoms with van der Waals surface area (Å²) in [6.45, 7) is 6.29. The first kappa shape index (κ1) is 17.0. The molecule has 0 atom stereocenters. The van der Waals surface area contributed by atoms with Crippen molar-refractivity contribution in [3.63, 3.8) is 0 Å². The molecule has 1 fully saturated rings. The molecule has 1 aromatic carbocycles. The number of likely N-dealkylation sites (N-methyl/N-ethyl adjacent to an activating group) is 1. The van der Waals surface area contributed by atoms with Crippen LogP contribution in [0.15, 0.2) is 24.4 Å². The predicted octanol–water partition coefficient (Wildman–Crippen LogP) is 3.05. The molecular formula is C18H23ClN4O. The van der Waals surface area contributed by atoms with Crippen LogP contribution in [0.5, 0.6) is 0 Å². The summed E-state index contributed by atoms with van der Waals surface area (Å²) in [5.41, 5.74) is 3.60. The second-order valence-electron chi connectivity index (χ2n) is 6.17. The van der Waals surface area contributed by atoms with Crippen molar-refractivity contribution in [2.45, 2.75) is 32.6 Å². The zero-order chi connectivity index (χ0) is 17.1. The first-order valence-corrected chi connectivity index (χ1v) is 8.83. The molecule has 3 rings (SSSR count). The maximum atomic E-state index is 12.5. The second-order valence-corrected chi connectivity index (χ2v) is 6.58. The van der Waals surface area contributed by atoms with Crippen molar-refractivity contribution in [2.24, 2.45) is 0 Å². The van der Waals surface area contributed by atoms with Gasteiger partial charge in [0.05, 0.1) is 23.1 Å². The lowest BCUT2D eigenvalue weighted by Gasteiger charge is -2.10. The molecule has 1 saturated carbocycles. The molecule has 0 unspecified atom stereocenters. The number of halogens is 1. The Bertz CT molecular complexity index is 737. The number of rotatable bonds is 7. The molecule has 1 amide bonds. The number of hydrogen-bond donors (Lipinski definition) is 2. The summed E-state index contributed by atoms with van der Waals surface area (Å²) in [5, 5.41) is 11.3. The molecule has 6 heteroatoms. The van der Waals surface area contributed by atoms with Gasteiger partial charge in [-0.15, -0.1) is 0 Å². The van der Waals surface area contributed by atoms with Gasteiger partial charge in [0.15, 0.2) is 0 Å². The summed E-state index contributed by atoms with van der Waals surface area (Å²) in [6.07, 6.45) is 3.87. The average molecular weight is 347 g/mol. The van der Waals surface area contributed by atoms with Crippen molar-refractivity contribution in [1.82, 2.24) is 20.4 Å². The average Bonchev–Trinajstić information content (AvgIpc) is 3.32. The number of nitrogens with zero attached hydrogens (tertiary/aromatic N) is 2. The van der Waals surface area contributed by atoms with Crippen LogP contribution in [-0.4, -0.2) is 35.3 Å². The summed E-state index contributed by atoms with van der Waals surface area (Å²) >= 11 is 6.25. The molecule has 128 valence electrons. The number of amides is 1. The molecule has 2 aromatic rings. The molecular weight excluding hydrogens is 324 g/mol. The smallest absolute Gasteiger partial charge is 0.254 e. The van der Waals surface area contributed by atoms with Gasteiger partial charge in [-0.3, -0.25) is 4.79 Å². The molecule has 1 aliphatic rings. The lowest BCUT2D eigenvalue weighted by molar-refractivity contribution is 0.0953. The number of hydrogen-bond acceptors (Lipinski definition) is 3. The lowest BCUT2D eigenvalue weighted by Crippen LogP contribution is -2.32. The van der Waals surface area contributed by atoms with E-state index in [1.807, 2.05) is 36.7 Å². The summed E-state index contributed by atoms with van der Waals surface area (Å²) in [5.74, 6) is 0.348. The molecule has 0 saturated heterocycles. The van der Waals surface area contributed by atoms with Gasteiger partial charge in [-0.1, -0.05) is 24.6 Å². The number of aryl methyl sites for hydroxylation is 1. The van der Waals surface area contributed by atoms with Gasteiger partial charge in [0.2, 0.25) is 0 Å². The van der Waals surface area contributed by atoms with Crippen LogP contribution in [0.4, 0.5) is 0 Å². The zero-order valence-electron chi connectivity index (χ0n) is 14.1. The Balaban J connectivity index is 1.85. The minimum Gasteiger partial charge on any atom is -0.351 e. The van der Waals surface area contributed by atoms with Crippen LogP contribution in [0.1, 0.15) is 47.3 Å². The summed E-state index contributed by atoms with van der Waals surface area (Å²) < 4.78 is 1.86. The van der Waals surface area contributed by atoms with Gasteiger partial charge in [0.1, 0.15) is 0 Å². The highest BCUT2D eigenvalue weighted by atomic mass is 35.5. The third kappa shape index (κ3) is 3.62. The number of benzene rings is 1. The van der Waals surface area contributed by atoms with Crippen molar-refractivity contribution >= 4 is 17.5 Å². The topological polar surface area (TPSA) is 58.9 Å². The van der Waals surface area contributed by atoms with Crippen LogP contribution in [-0.2, 0) is 0 Å². The lowest BCUT2D eigenvalue weighted by atomic mass is 10.1. The Morgan fingerprint density at radius 2 is 2.17 bits per heavy atom. The van der Waals surface area contributed by atoms with Crippen LogP contribution >= 0.6 is 11.6 Å². The first-order valence-electron chi connectivity index (χ1n) is 8.45. The quantitative estimate of drug-likeness (QED) is 0.757. The Labute approximate surface area is 147 Å². The Kier molecular flexibility index (Phi) is 5.21. The van der Waals surface area contributed by atoms with E-state index in [0.29, 0.717) is 23.0 Å². The van der Waals surface area contributed by atoms with Gasteiger partial charge in [-0.2, -0.15) is 5.10 Å². The zero-order valence-corrected chi connectivity index (χ0v) is 14.9. The van der Waals surface area contributed by atoms with Gasteiger partial charge < -0.3 is 10.6 Å². The van der Waals surface area contributed by atoms with Crippen molar-refractivity contribution in [2.75, 3.05) is 19.6 Å². The molecule has 0 radical (unpaired) electrons. The van der Waals surface area contributed by atoms with Crippen molar-refractivity contribution in [3.05, 3.63) is 46.2 Å². The van der Waals surface area contributed by atoms with Gasteiger partial charge in [-0.25, -0.2) is 4.68 Å². The number of carbonyl (C=O) groups is 1. The summed E-state index contributed by atoms with van der Waals surface area (Å²) in [4.78, 5) is 12.5. The monoisotopic (exact) mass is 346 g/mol. The molecule has 0 spiro atoms. The molecule has 1 heterocycles. The van der Waals surface area contributed by atoms with E-state index < -0.39 is 0 Å². The van der Waals surface area contributed by atoms with Crippen LogP contribution in [0.25, 0.3) is 5.69 Å². The highest BCUT2D eigenvalue weighted by Gasteiger charge is 2.32. The standard InChI is InChI=1S/C18H23ClN4O/c1-3-20-8-9-21-18(24)15-11-22-23(17(15)13-5-6-13)14-7-4-12(2)16(19)10-14/h4,7,10-11,13,20H,3,5-6,8-9H2,1-2H3,(H,21,24). The van der Waals surface area contributed by atoms with E-state index in [0.717, 1.165) is 42.9 Å². The molecule has 5 nitrogen and oxygen atoms in total. The highest BCUT2D eigenvalue weighted by molar-refractivity contribution is 6.31. The van der Waals surface area contributed by atoms with Gasteiger partial charge >= 0.3 is 0 Å². The van der Waals surface area contributed by atoms with E-state index in [9.17, 15) is 4.79 Å². The van der Waals surface area contributed by atoms with E-state index in [2.05, 4.69) is 15.7 Å². The van der Waals surface area contributed by atoms with Gasteiger partial charge in [-0.05, 0) is 44.0 Å². The third-order valence-corrected chi connectivity index (χ3v) is 4.66. The first-order chi connectivity index (χ1) is 11.6. The van der Waals surface area contributed by atoms with Crippen LogP contribution in [0, 0.1) is 6.92 Å².